The van der Waals surface area contributed by atoms with Crippen LogP contribution in [0, 0.1) is 13.8 Å². The topological polar surface area (TPSA) is 12.0 Å². The largest absolute Gasteiger partial charge is 0.381 e. The Balaban J connectivity index is 2.37. The minimum atomic E-state index is 0.932. The van der Waals surface area contributed by atoms with Crippen LogP contribution in [-0.4, -0.2) is 0 Å². The van der Waals surface area contributed by atoms with Crippen molar-refractivity contribution < 1.29 is 0 Å². The second kappa shape index (κ2) is 7.21. The first-order chi connectivity index (χ1) is 10.9. The van der Waals surface area contributed by atoms with Crippen molar-refractivity contribution in [1.82, 2.24) is 5.32 Å². The quantitative estimate of drug-likeness (QED) is 0.656. The Bertz CT molecular complexity index is 674. The van der Waals surface area contributed by atoms with Crippen molar-refractivity contribution in [1.29, 1.82) is 0 Å². The van der Waals surface area contributed by atoms with Crippen LogP contribution >= 0.6 is 0 Å². The molecule has 124 valence electrons. The summed E-state index contributed by atoms with van der Waals surface area (Å²) in [6, 6.07) is 0. The third-order valence-corrected chi connectivity index (χ3v) is 5.13. The molecule has 1 aromatic rings. The molecule has 0 saturated carbocycles. The van der Waals surface area contributed by atoms with Crippen molar-refractivity contribution in [3.8, 4) is 0 Å². The molecule has 1 nitrogen and oxygen atoms in total. The minimum Gasteiger partial charge on any atom is -0.381 e. The predicted molar refractivity (Wildman–Crippen MR) is 103 cm³/mol. The van der Waals surface area contributed by atoms with E-state index in [-0.39, 0.29) is 0 Å². The van der Waals surface area contributed by atoms with E-state index in [0.29, 0.717) is 0 Å². The van der Waals surface area contributed by atoms with Gasteiger partial charge in [0.15, 0.2) is 0 Å². The molecule has 0 bridgehead atoms. The van der Waals surface area contributed by atoms with Crippen molar-refractivity contribution in [2.75, 3.05) is 0 Å². The highest BCUT2D eigenvalue weighted by Gasteiger charge is 2.23. The Morgan fingerprint density at radius 1 is 1.13 bits per heavy atom. The van der Waals surface area contributed by atoms with Crippen LogP contribution in [-0.2, 0) is 19.4 Å². The maximum absolute atomic E-state index is 4.20. The van der Waals surface area contributed by atoms with Gasteiger partial charge >= 0.3 is 0 Å². The van der Waals surface area contributed by atoms with Crippen molar-refractivity contribution >= 4 is 5.70 Å². The van der Waals surface area contributed by atoms with Gasteiger partial charge in [-0.25, -0.2) is 0 Å². The molecule has 0 aromatic heterocycles. The zero-order chi connectivity index (χ0) is 17.1. The molecule has 0 fully saturated rings. The molecule has 0 amide bonds. The van der Waals surface area contributed by atoms with Crippen molar-refractivity contribution in [3.05, 3.63) is 63.8 Å². The number of rotatable bonds is 6. The molecule has 0 unspecified atom stereocenters. The van der Waals surface area contributed by atoms with E-state index in [9.17, 15) is 0 Å². The van der Waals surface area contributed by atoms with Gasteiger partial charge < -0.3 is 5.32 Å². The van der Waals surface area contributed by atoms with Gasteiger partial charge in [-0.3, -0.25) is 0 Å². The molecule has 1 aliphatic rings. The first-order valence-corrected chi connectivity index (χ1v) is 8.73. The van der Waals surface area contributed by atoms with Crippen LogP contribution in [0.1, 0.15) is 67.0 Å². The molecule has 1 heterocycles. The SMILES string of the molecule is C=C(C)CC/C(C)=C/Cc1c(C)c2c(c(C)c1CC)CNC2=C. The molecule has 1 aromatic carbocycles. The maximum Gasteiger partial charge on any atom is 0.0410 e. The van der Waals surface area contributed by atoms with E-state index in [1.165, 1.54) is 44.5 Å². The first-order valence-electron chi connectivity index (χ1n) is 8.73. The lowest BCUT2D eigenvalue weighted by atomic mass is 9.85. The third-order valence-electron chi connectivity index (χ3n) is 5.13. The molecule has 23 heavy (non-hydrogen) atoms. The molecule has 0 aliphatic carbocycles. The summed E-state index contributed by atoms with van der Waals surface area (Å²) in [4.78, 5) is 0. The molecular formula is C22H31N. The zero-order valence-corrected chi connectivity index (χ0v) is 15.5. The summed E-state index contributed by atoms with van der Waals surface area (Å²) in [5.74, 6) is 0. The number of benzene rings is 1. The Morgan fingerprint density at radius 3 is 2.43 bits per heavy atom. The number of hydrogen-bond donors (Lipinski definition) is 1. The van der Waals surface area contributed by atoms with Gasteiger partial charge in [0.25, 0.3) is 0 Å². The molecule has 1 N–H and O–H groups in total. The Labute approximate surface area is 142 Å². The lowest BCUT2D eigenvalue weighted by Crippen LogP contribution is -2.05. The standard InChI is InChI=1S/C22H31N/c1-8-19-16(5)21-13-23-18(7)22(21)17(6)20(19)12-11-15(4)10-9-14(2)3/h11,23H,2,7-10,12-13H2,1,3-6H3/b15-11+. The second-order valence-electron chi connectivity index (χ2n) is 6.96. The van der Waals surface area contributed by atoms with Gasteiger partial charge in [0.1, 0.15) is 0 Å². The first kappa shape index (κ1) is 17.6. The monoisotopic (exact) mass is 309 g/mol. The van der Waals surface area contributed by atoms with Gasteiger partial charge in [-0.05, 0) is 81.2 Å². The van der Waals surface area contributed by atoms with E-state index in [2.05, 4.69) is 59.2 Å². The van der Waals surface area contributed by atoms with Crippen LogP contribution < -0.4 is 5.32 Å². The van der Waals surface area contributed by atoms with Gasteiger partial charge in [-0.15, -0.1) is 6.58 Å². The smallest absolute Gasteiger partial charge is 0.0410 e. The summed E-state index contributed by atoms with van der Waals surface area (Å²) >= 11 is 0. The highest BCUT2D eigenvalue weighted by atomic mass is 14.9. The van der Waals surface area contributed by atoms with Crippen molar-refractivity contribution in [2.24, 2.45) is 0 Å². The Hall–Kier alpha value is -1.76. The Kier molecular flexibility index (Phi) is 5.51. The lowest BCUT2D eigenvalue weighted by molar-refractivity contribution is 0.912. The van der Waals surface area contributed by atoms with Crippen LogP contribution in [0.25, 0.3) is 5.70 Å². The van der Waals surface area contributed by atoms with E-state index in [0.717, 1.165) is 37.9 Å². The predicted octanol–water partition coefficient (Wildman–Crippen LogP) is 5.78. The Morgan fingerprint density at radius 2 is 1.83 bits per heavy atom. The molecule has 0 atom stereocenters. The van der Waals surface area contributed by atoms with Crippen LogP contribution in [0.4, 0.5) is 0 Å². The summed E-state index contributed by atoms with van der Waals surface area (Å²) in [7, 11) is 0. The van der Waals surface area contributed by atoms with Gasteiger partial charge in [-0.2, -0.15) is 0 Å². The highest BCUT2D eigenvalue weighted by molar-refractivity contribution is 5.75. The number of hydrogen-bond acceptors (Lipinski definition) is 1. The molecule has 0 radical (unpaired) electrons. The molecule has 0 spiro atoms. The van der Waals surface area contributed by atoms with Gasteiger partial charge in [0.05, 0.1) is 0 Å². The summed E-state index contributed by atoms with van der Waals surface area (Å²) in [6.07, 6.45) is 6.74. The van der Waals surface area contributed by atoms with Gasteiger partial charge in [0.2, 0.25) is 0 Å². The average molecular weight is 309 g/mol. The minimum absolute atomic E-state index is 0.932. The van der Waals surface area contributed by atoms with Gasteiger partial charge in [-0.1, -0.05) is 30.7 Å². The number of fused-ring (bicyclic) bond motifs is 1. The van der Waals surface area contributed by atoms with E-state index >= 15 is 0 Å². The fourth-order valence-corrected chi connectivity index (χ4v) is 3.66. The molecule has 1 heteroatoms. The average Bonchev–Trinajstić information content (AvgIpc) is 2.89. The lowest BCUT2D eigenvalue weighted by Gasteiger charge is -2.19. The van der Waals surface area contributed by atoms with Gasteiger partial charge in [0, 0.05) is 17.8 Å². The van der Waals surface area contributed by atoms with Crippen LogP contribution in [0.5, 0.6) is 0 Å². The summed E-state index contributed by atoms with van der Waals surface area (Å²) in [6.45, 7) is 20.3. The fraction of sp³-hybridized carbons (Fsp3) is 0.455. The number of nitrogens with one attached hydrogen (secondary N) is 1. The second-order valence-corrected chi connectivity index (χ2v) is 6.96. The van der Waals surface area contributed by atoms with Crippen LogP contribution in [0.2, 0.25) is 0 Å². The molecule has 1 aliphatic heterocycles. The number of allylic oxidation sites excluding steroid dienone is 3. The van der Waals surface area contributed by atoms with Crippen molar-refractivity contribution in [3.63, 3.8) is 0 Å². The van der Waals surface area contributed by atoms with E-state index in [1.807, 2.05) is 0 Å². The fourth-order valence-electron chi connectivity index (χ4n) is 3.66. The highest BCUT2D eigenvalue weighted by Crippen LogP contribution is 2.35. The molecular weight excluding hydrogens is 278 g/mol. The summed E-state index contributed by atoms with van der Waals surface area (Å²) in [5.41, 5.74) is 12.5. The third kappa shape index (κ3) is 3.60. The van der Waals surface area contributed by atoms with Crippen LogP contribution in [0.3, 0.4) is 0 Å². The van der Waals surface area contributed by atoms with E-state index < -0.39 is 0 Å². The van der Waals surface area contributed by atoms with Crippen LogP contribution in [0.15, 0.2) is 30.4 Å². The summed E-state index contributed by atoms with van der Waals surface area (Å²) in [5, 5.41) is 3.42. The molecule has 2 rings (SSSR count). The zero-order valence-electron chi connectivity index (χ0n) is 15.5. The maximum atomic E-state index is 4.20. The van der Waals surface area contributed by atoms with E-state index in [1.54, 1.807) is 0 Å². The van der Waals surface area contributed by atoms with Crippen molar-refractivity contribution in [2.45, 2.75) is 66.8 Å². The van der Waals surface area contributed by atoms with E-state index in [4.69, 9.17) is 0 Å². The molecule has 0 saturated heterocycles. The normalized spacial score (nSPS) is 14.0. The summed E-state index contributed by atoms with van der Waals surface area (Å²) < 4.78 is 0.